The first-order valence-electron chi connectivity index (χ1n) is 9.29. The van der Waals surface area contributed by atoms with Crippen LogP contribution < -0.4 is 0 Å². The monoisotopic (exact) mass is 418 g/mol. The summed E-state index contributed by atoms with van der Waals surface area (Å²) in [4.78, 5) is 5.76. The maximum absolute atomic E-state index is 10.6. The molecule has 0 saturated carbocycles. The Kier molecular flexibility index (Phi) is 5.38. The summed E-state index contributed by atoms with van der Waals surface area (Å²) in [6.45, 7) is 1.66. The van der Waals surface area contributed by atoms with Crippen LogP contribution in [-0.2, 0) is 12.0 Å². The van der Waals surface area contributed by atoms with Crippen molar-refractivity contribution in [2.45, 2.75) is 25.4 Å². The highest BCUT2D eigenvalue weighted by Gasteiger charge is 2.23. The lowest BCUT2D eigenvalue weighted by Gasteiger charge is -2.20. The van der Waals surface area contributed by atoms with Gasteiger partial charge in [0.1, 0.15) is 0 Å². The van der Waals surface area contributed by atoms with Crippen molar-refractivity contribution in [1.82, 2.24) is 4.98 Å². The molecule has 0 saturated heterocycles. The highest BCUT2D eigenvalue weighted by Crippen LogP contribution is 2.37. The molecule has 144 valence electrons. The van der Waals surface area contributed by atoms with Crippen LogP contribution in [0.15, 0.2) is 66.9 Å². The molecule has 2 aromatic carbocycles. The SMILES string of the molecule is CC(O)(CC#N)c1ccnc(-c2cccc3cc(Cc4ccccc4Cl)sc23)c1. The normalized spacial score (nSPS) is 13.2. The van der Waals surface area contributed by atoms with E-state index in [0.717, 1.165) is 38.4 Å². The number of pyridine rings is 1. The number of benzene rings is 2. The molecule has 3 nitrogen and oxygen atoms in total. The van der Waals surface area contributed by atoms with Crippen LogP contribution in [0.2, 0.25) is 5.02 Å². The second-order valence-electron chi connectivity index (χ2n) is 7.24. The van der Waals surface area contributed by atoms with Crippen molar-refractivity contribution < 1.29 is 5.11 Å². The van der Waals surface area contributed by atoms with Gasteiger partial charge in [-0.1, -0.05) is 48.0 Å². The van der Waals surface area contributed by atoms with E-state index in [4.69, 9.17) is 16.9 Å². The number of nitriles is 1. The van der Waals surface area contributed by atoms with Gasteiger partial charge in [-0.3, -0.25) is 4.98 Å². The zero-order chi connectivity index (χ0) is 20.4. The second kappa shape index (κ2) is 7.96. The average Bonchev–Trinajstić information content (AvgIpc) is 3.12. The van der Waals surface area contributed by atoms with Crippen molar-refractivity contribution in [2.24, 2.45) is 0 Å². The minimum absolute atomic E-state index is 0.0294. The fourth-order valence-electron chi connectivity index (χ4n) is 3.40. The fourth-order valence-corrected chi connectivity index (χ4v) is 4.81. The summed E-state index contributed by atoms with van der Waals surface area (Å²) in [5.41, 5.74) is 2.40. The highest BCUT2D eigenvalue weighted by atomic mass is 35.5. The van der Waals surface area contributed by atoms with Gasteiger partial charge in [0.05, 0.1) is 23.8 Å². The molecule has 1 N–H and O–H groups in total. The molecular formula is C24H19ClN2OS. The van der Waals surface area contributed by atoms with Gasteiger partial charge in [-0.2, -0.15) is 5.26 Å². The molecule has 0 aliphatic rings. The van der Waals surface area contributed by atoms with Crippen molar-refractivity contribution >= 4 is 33.0 Å². The van der Waals surface area contributed by atoms with Gasteiger partial charge in [0.15, 0.2) is 0 Å². The van der Waals surface area contributed by atoms with Crippen LogP contribution in [0.25, 0.3) is 21.3 Å². The molecule has 5 heteroatoms. The predicted molar refractivity (Wildman–Crippen MR) is 119 cm³/mol. The molecule has 0 spiro atoms. The maximum atomic E-state index is 10.6. The Balaban J connectivity index is 1.75. The summed E-state index contributed by atoms with van der Waals surface area (Å²) >= 11 is 8.07. The molecule has 0 aliphatic carbocycles. The number of thiophene rings is 1. The van der Waals surface area contributed by atoms with Gasteiger partial charge in [-0.25, -0.2) is 0 Å². The fraction of sp³-hybridized carbons (Fsp3) is 0.167. The Bertz CT molecular complexity index is 1220. The molecule has 2 aromatic heterocycles. The average molecular weight is 419 g/mol. The minimum atomic E-state index is -1.20. The highest BCUT2D eigenvalue weighted by molar-refractivity contribution is 7.19. The molecule has 0 aliphatic heterocycles. The first kappa shape index (κ1) is 19.6. The van der Waals surface area contributed by atoms with Gasteiger partial charge in [0, 0.05) is 32.8 Å². The van der Waals surface area contributed by atoms with Crippen LogP contribution in [0.1, 0.15) is 29.3 Å². The Morgan fingerprint density at radius 3 is 2.76 bits per heavy atom. The van der Waals surface area contributed by atoms with Crippen LogP contribution in [0.5, 0.6) is 0 Å². The Morgan fingerprint density at radius 2 is 1.97 bits per heavy atom. The van der Waals surface area contributed by atoms with E-state index < -0.39 is 5.60 Å². The summed E-state index contributed by atoms with van der Waals surface area (Å²) in [5.74, 6) is 0. The third kappa shape index (κ3) is 4.04. The molecule has 0 radical (unpaired) electrons. The third-order valence-corrected chi connectivity index (χ3v) is 6.55. The summed E-state index contributed by atoms with van der Waals surface area (Å²) < 4.78 is 1.15. The third-order valence-electron chi connectivity index (χ3n) is 5.00. The number of rotatable bonds is 5. The minimum Gasteiger partial charge on any atom is -0.384 e. The number of hydrogen-bond donors (Lipinski definition) is 1. The Morgan fingerprint density at radius 1 is 1.14 bits per heavy atom. The van der Waals surface area contributed by atoms with Crippen molar-refractivity contribution in [1.29, 1.82) is 5.26 Å². The van der Waals surface area contributed by atoms with Gasteiger partial charge in [0.25, 0.3) is 0 Å². The van der Waals surface area contributed by atoms with Crippen LogP contribution in [-0.4, -0.2) is 10.1 Å². The molecule has 0 amide bonds. The van der Waals surface area contributed by atoms with E-state index in [2.05, 4.69) is 23.2 Å². The van der Waals surface area contributed by atoms with Gasteiger partial charge in [-0.15, -0.1) is 11.3 Å². The number of aromatic nitrogens is 1. The van der Waals surface area contributed by atoms with Gasteiger partial charge in [0.2, 0.25) is 0 Å². The maximum Gasteiger partial charge on any atom is 0.0999 e. The Labute approximate surface area is 178 Å². The molecule has 0 bridgehead atoms. The quantitative estimate of drug-likeness (QED) is 0.412. The van der Waals surface area contributed by atoms with Crippen molar-refractivity contribution in [3.63, 3.8) is 0 Å². The summed E-state index contributed by atoms with van der Waals surface area (Å²) in [5, 5.41) is 21.5. The van der Waals surface area contributed by atoms with Gasteiger partial charge < -0.3 is 5.11 Å². The molecule has 29 heavy (non-hydrogen) atoms. The summed E-state index contributed by atoms with van der Waals surface area (Å²) in [6.07, 6.45) is 2.50. The number of halogens is 1. The lowest BCUT2D eigenvalue weighted by molar-refractivity contribution is 0.0624. The van der Waals surface area contributed by atoms with Crippen molar-refractivity contribution in [3.8, 4) is 17.3 Å². The van der Waals surface area contributed by atoms with E-state index in [1.54, 1.807) is 30.5 Å². The molecule has 1 unspecified atom stereocenters. The van der Waals surface area contributed by atoms with E-state index in [1.165, 1.54) is 4.88 Å². The van der Waals surface area contributed by atoms with Crippen molar-refractivity contribution in [3.05, 3.63) is 87.9 Å². The first-order valence-corrected chi connectivity index (χ1v) is 10.5. The zero-order valence-electron chi connectivity index (χ0n) is 15.9. The van der Waals surface area contributed by atoms with Crippen molar-refractivity contribution in [2.75, 3.05) is 0 Å². The molecular weight excluding hydrogens is 400 g/mol. The first-order chi connectivity index (χ1) is 14.0. The van der Waals surface area contributed by atoms with Crippen LogP contribution in [0.3, 0.4) is 0 Å². The number of nitrogens with zero attached hydrogens (tertiary/aromatic N) is 2. The number of aliphatic hydroxyl groups is 1. The molecule has 0 fully saturated rings. The molecule has 2 heterocycles. The van der Waals surface area contributed by atoms with E-state index in [-0.39, 0.29) is 6.42 Å². The molecule has 1 atom stereocenters. The van der Waals surface area contributed by atoms with Crippen LogP contribution >= 0.6 is 22.9 Å². The van der Waals surface area contributed by atoms with Gasteiger partial charge >= 0.3 is 0 Å². The number of fused-ring (bicyclic) bond motifs is 1. The summed E-state index contributed by atoms with van der Waals surface area (Å²) in [7, 11) is 0. The second-order valence-corrected chi connectivity index (χ2v) is 8.79. The Hall–Kier alpha value is -2.71. The lowest BCUT2D eigenvalue weighted by atomic mass is 9.92. The number of hydrogen-bond acceptors (Lipinski definition) is 4. The van der Waals surface area contributed by atoms with Gasteiger partial charge in [-0.05, 0) is 47.7 Å². The van der Waals surface area contributed by atoms with E-state index >= 15 is 0 Å². The smallest absolute Gasteiger partial charge is 0.0999 e. The largest absolute Gasteiger partial charge is 0.384 e. The molecule has 4 rings (SSSR count). The van der Waals surface area contributed by atoms with Crippen LogP contribution in [0.4, 0.5) is 0 Å². The van der Waals surface area contributed by atoms with E-state index in [0.29, 0.717) is 5.56 Å². The topological polar surface area (TPSA) is 56.9 Å². The van der Waals surface area contributed by atoms with E-state index in [9.17, 15) is 5.11 Å². The lowest BCUT2D eigenvalue weighted by Crippen LogP contribution is -2.20. The summed E-state index contributed by atoms with van der Waals surface area (Å²) in [6, 6.07) is 22.0. The standard InChI is InChI=1S/C24H19ClN2OS/c1-24(28,10-11-26)18-9-12-27-22(15-18)20-7-4-6-17-14-19(29-23(17)20)13-16-5-2-3-8-21(16)25/h2-9,12,14-15,28H,10,13H2,1H3. The predicted octanol–water partition coefficient (Wildman–Crippen LogP) is 6.33. The zero-order valence-corrected chi connectivity index (χ0v) is 17.5. The van der Waals surface area contributed by atoms with E-state index in [1.807, 2.05) is 42.5 Å². The van der Waals surface area contributed by atoms with Crippen LogP contribution in [0, 0.1) is 11.3 Å². The molecule has 4 aromatic rings.